The molecule has 1 aromatic carbocycles. The minimum atomic E-state index is -0.667. The summed E-state index contributed by atoms with van der Waals surface area (Å²) in [7, 11) is 0. The molecular formula is C17H24FNO2. The Hall–Kier alpha value is -1.42. The van der Waals surface area contributed by atoms with Gasteiger partial charge in [0.2, 0.25) is 0 Å². The molecule has 2 rings (SSSR count). The van der Waals surface area contributed by atoms with Crippen molar-refractivity contribution in [1.82, 2.24) is 5.32 Å². The number of benzene rings is 1. The fourth-order valence-electron chi connectivity index (χ4n) is 3.22. The van der Waals surface area contributed by atoms with Gasteiger partial charge < -0.3 is 10.4 Å². The predicted octanol–water partition coefficient (Wildman–Crippen LogP) is 3.24. The Balaban J connectivity index is 1.82. The van der Waals surface area contributed by atoms with Crippen LogP contribution in [-0.4, -0.2) is 23.7 Å². The quantitative estimate of drug-likeness (QED) is 0.846. The van der Waals surface area contributed by atoms with E-state index < -0.39 is 5.97 Å². The van der Waals surface area contributed by atoms with E-state index in [0.29, 0.717) is 0 Å². The number of rotatable bonds is 6. The van der Waals surface area contributed by atoms with Crippen LogP contribution in [0.5, 0.6) is 0 Å². The summed E-state index contributed by atoms with van der Waals surface area (Å²) in [4.78, 5) is 11.3. The van der Waals surface area contributed by atoms with E-state index >= 15 is 0 Å². The zero-order valence-electron chi connectivity index (χ0n) is 12.5. The maximum atomic E-state index is 13.1. The number of carbonyl (C=O) groups is 1. The van der Waals surface area contributed by atoms with E-state index in [2.05, 4.69) is 12.2 Å². The van der Waals surface area contributed by atoms with E-state index in [9.17, 15) is 14.3 Å². The van der Waals surface area contributed by atoms with Gasteiger partial charge in [-0.1, -0.05) is 25.0 Å². The van der Waals surface area contributed by atoms with E-state index in [1.807, 2.05) is 6.07 Å². The fourth-order valence-corrected chi connectivity index (χ4v) is 3.22. The molecule has 0 spiro atoms. The zero-order valence-corrected chi connectivity index (χ0v) is 12.5. The number of carboxylic acids is 1. The predicted molar refractivity (Wildman–Crippen MR) is 80.7 cm³/mol. The minimum absolute atomic E-state index is 0.210. The number of halogens is 1. The lowest BCUT2D eigenvalue weighted by Crippen LogP contribution is -2.38. The Bertz CT molecular complexity index is 478. The Morgan fingerprint density at radius 1 is 1.43 bits per heavy atom. The van der Waals surface area contributed by atoms with Crippen LogP contribution in [0.3, 0.4) is 0 Å². The van der Waals surface area contributed by atoms with Crippen LogP contribution in [0.1, 0.15) is 38.2 Å². The first-order valence-electron chi connectivity index (χ1n) is 7.77. The van der Waals surface area contributed by atoms with Crippen molar-refractivity contribution in [2.45, 2.75) is 45.1 Å². The molecule has 0 radical (unpaired) electrons. The molecule has 0 aromatic heterocycles. The third-order valence-electron chi connectivity index (χ3n) is 4.39. The number of nitrogens with one attached hydrogen (secondary N) is 1. The highest BCUT2D eigenvalue weighted by Gasteiger charge is 2.30. The SMILES string of the molecule is CC(Cc1cccc(F)c1)NCC1CCCCC1C(=O)O. The lowest BCUT2D eigenvalue weighted by atomic mass is 9.79. The Kier molecular flexibility index (Phi) is 5.74. The summed E-state index contributed by atoms with van der Waals surface area (Å²) in [6, 6.07) is 6.85. The van der Waals surface area contributed by atoms with Crippen LogP contribution in [-0.2, 0) is 11.2 Å². The number of carboxylic acid groups (broad SMARTS) is 1. The van der Waals surface area contributed by atoms with Crippen LogP contribution in [0.4, 0.5) is 4.39 Å². The summed E-state index contributed by atoms with van der Waals surface area (Å²) in [6.07, 6.45) is 4.67. The number of aliphatic carboxylic acids is 1. The van der Waals surface area contributed by atoms with Crippen molar-refractivity contribution in [1.29, 1.82) is 0 Å². The van der Waals surface area contributed by atoms with E-state index in [-0.39, 0.29) is 23.7 Å². The first-order chi connectivity index (χ1) is 10.1. The monoisotopic (exact) mass is 293 g/mol. The Morgan fingerprint density at radius 2 is 2.19 bits per heavy atom. The molecule has 3 atom stereocenters. The van der Waals surface area contributed by atoms with Gasteiger partial charge >= 0.3 is 5.97 Å². The topological polar surface area (TPSA) is 49.3 Å². The van der Waals surface area contributed by atoms with Crippen molar-refractivity contribution < 1.29 is 14.3 Å². The summed E-state index contributed by atoms with van der Waals surface area (Å²) in [5.41, 5.74) is 0.966. The molecular weight excluding hydrogens is 269 g/mol. The average Bonchev–Trinajstić information content (AvgIpc) is 2.45. The highest BCUT2D eigenvalue weighted by molar-refractivity contribution is 5.70. The van der Waals surface area contributed by atoms with Crippen molar-refractivity contribution in [3.63, 3.8) is 0 Å². The standard InChI is InChI=1S/C17H24FNO2/c1-12(9-13-5-4-7-15(18)10-13)19-11-14-6-2-3-8-16(14)17(20)21/h4-5,7,10,12,14,16,19H,2-3,6,8-9,11H2,1H3,(H,20,21). The summed E-state index contributed by atoms with van der Waals surface area (Å²) < 4.78 is 13.1. The van der Waals surface area contributed by atoms with Gasteiger partial charge in [-0.3, -0.25) is 4.79 Å². The van der Waals surface area contributed by atoms with E-state index in [1.54, 1.807) is 12.1 Å². The largest absolute Gasteiger partial charge is 0.481 e. The van der Waals surface area contributed by atoms with Gasteiger partial charge in [-0.25, -0.2) is 4.39 Å². The first-order valence-corrected chi connectivity index (χ1v) is 7.77. The molecule has 0 bridgehead atoms. The number of hydrogen-bond donors (Lipinski definition) is 2. The molecule has 4 heteroatoms. The smallest absolute Gasteiger partial charge is 0.306 e. The summed E-state index contributed by atoms with van der Waals surface area (Å²) in [5.74, 6) is -0.879. The molecule has 0 aliphatic heterocycles. The van der Waals surface area contributed by atoms with Crippen LogP contribution in [0.15, 0.2) is 24.3 Å². The van der Waals surface area contributed by atoms with Gasteiger partial charge in [0.25, 0.3) is 0 Å². The van der Waals surface area contributed by atoms with Crippen LogP contribution in [0.2, 0.25) is 0 Å². The summed E-state index contributed by atoms with van der Waals surface area (Å²) in [5, 5.41) is 12.7. The minimum Gasteiger partial charge on any atom is -0.481 e. The first kappa shape index (κ1) is 16.0. The molecule has 1 fully saturated rings. The lowest BCUT2D eigenvalue weighted by molar-refractivity contribution is -0.144. The van der Waals surface area contributed by atoms with Crippen LogP contribution >= 0.6 is 0 Å². The van der Waals surface area contributed by atoms with E-state index in [1.165, 1.54) is 6.07 Å². The second-order valence-electron chi connectivity index (χ2n) is 6.13. The highest BCUT2D eigenvalue weighted by atomic mass is 19.1. The van der Waals surface area contributed by atoms with Gasteiger partial charge in [-0.15, -0.1) is 0 Å². The normalized spacial score (nSPS) is 23.7. The summed E-state index contributed by atoms with van der Waals surface area (Å²) in [6.45, 7) is 2.79. The maximum absolute atomic E-state index is 13.1. The van der Waals surface area contributed by atoms with Crippen LogP contribution in [0.25, 0.3) is 0 Å². The second-order valence-corrected chi connectivity index (χ2v) is 6.13. The Morgan fingerprint density at radius 3 is 2.90 bits per heavy atom. The third kappa shape index (κ3) is 4.81. The third-order valence-corrected chi connectivity index (χ3v) is 4.39. The molecule has 116 valence electrons. The van der Waals surface area contributed by atoms with Gasteiger partial charge in [0.1, 0.15) is 5.82 Å². The van der Waals surface area contributed by atoms with Crippen molar-refractivity contribution in [2.24, 2.45) is 11.8 Å². The summed E-state index contributed by atoms with van der Waals surface area (Å²) >= 11 is 0. The van der Waals surface area contributed by atoms with Crippen LogP contribution in [0, 0.1) is 17.7 Å². The van der Waals surface area contributed by atoms with Crippen LogP contribution < -0.4 is 5.32 Å². The number of hydrogen-bond acceptors (Lipinski definition) is 2. The van der Waals surface area contributed by atoms with Gasteiger partial charge in [-0.2, -0.15) is 0 Å². The molecule has 1 aliphatic rings. The van der Waals surface area contributed by atoms with Gasteiger partial charge in [0.05, 0.1) is 5.92 Å². The van der Waals surface area contributed by atoms with Crippen molar-refractivity contribution in [3.8, 4) is 0 Å². The maximum Gasteiger partial charge on any atom is 0.306 e. The van der Waals surface area contributed by atoms with Gasteiger partial charge in [0.15, 0.2) is 0 Å². The molecule has 1 saturated carbocycles. The highest BCUT2D eigenvalue weighted by Crippen LogP contribution is 2.29. The van der Waals surface area contributed by atoms with Crippen molar-refractivity contribution in [3.05, 3.63) is 35.6 Å². The molecule has 0 amide bonds. The molecule has 2 N–H and O–H groups in total. The zero-order chi connectivity index (χ0) is 15.2. The average molecular weight is 293 g/mol. The lowest BCUT2D eigenvalue weighted by Gasteiger charge is -2.29. The molecule has 1 aromatic rings. The van der Waals surface area contributed by atoms with Gasteiger partial charge in [0, 0.05) is 6.04 Å². The Labute approximate surface area is 125 Å². The van der Waals surface area contributed by atoms with E-state index in [0.717, 1.165) is 44.2 Å². The molecule has 3 unspecified atom stereocenters. The molecule has 21 heavy (non-hydrogen) atoms. The second kappa shape index (κ2) is 7.55. The molecule has 0 saturated heterocycles. The molecule has 3 nitrogen and oxygen atoms in total. The van der Waals surface area contributed by atoms with Gasteiger partial charge in [-0.05, 0) is 56.3 Å². The molecule has 0 heterocycles. The fraction of sp³-hybridized carbons (Fsp3) is 0.588. The van der Waals surface area contributed by atoms with Crippen molar-refractivity contribution in [2.75, 3.05) is 6.54 Å². The van der Waals surface area contributed by atoms with E-state index in [4.69, 9.17) is 0 Å². The molecule has 1 aliphatic carbocycles. The van der Waals surface area contributed by atoms with Crippen molar-refractivity contribution >= 4 is 5.97 Å².